The lowest BCUT2D eigenvalue weighted by atomic mass is 10.1. The minimum atomic E-state index is -0.421. The van der Waals surface area contributed by atoms with Crippen LogP contribution in [0.3, 0.4) is 0 Å². The fraction of sp³-hybridized carbons (Fsp3) is 0.167. The highest BCUT2D eigenvalue weighted by Gasteiger charge is 2.20. The number of ether oxygens (including phenoxy) is 2. The zero-order valence-corrected chi connectivity index (χ0v) is 13.4. The van der Waals surface area contributed by atoms with Crippen LogP contribution in [0.4, 0.5) is 0 Å². The van der Waals surface area contributed by atoms with Crippen molar-refractivity contribution in [2.24, 2.45) is 0 Å². The van der Waals surface area contributed by atoms with Crippen LogP contribution in [0.15, 0.2) is 53.1 Å². The zero-order chi connectivity index (χ0) is 17.2. The number of amides is 1. The largest absolute Gasteiger partial charge is 0.454 e. The Hall–Kier alpha value is -3.35. The number of benzene rings is 2. The van der Waals surface area contributed by atoms with Crippen LogP contribution in [-0.4, -0.2) is 22.8 Å². The summed E-state index contributed by atoms with van der Waals surface area (Å²) >= 11 is 0. The van der Waals surface area contributed by atoms with Gasteiger partial charge in [0.1, 0.15) is 0 Å². The van der Waals surface area contributed by atoms with E-state index < -0.39 is 5.91 Å². The highest BCUT2D eigenvalue weighted by atomic mass is 16.7. The molecule has 2 aromatic carbocycles. The Morgan fingerprint density at radius 3 is 2.76 bits per heavy atom. The van der Waals surface area contributed by atoms with E-state index in [2.05, 4.69) is 15.5 Å². The van der Waals surface area contributed by atoms with Crippen LogP contribution in [0.5, 0.6) is 11.5 Å². The molecule has 25 heavy (non-hydrogen) atoms. The second kappa shape index (κ2) is 6.27. The van der Waals surface area contributed by atoms with Gasteiger partial charge in [0.2, 0.25) is 12.6 Å². The van der Waals surface area contributed by atoms with Crippen molar-refractivity contribution in [2.75, 3.05) is 6.79 Å². The molecule has 0 aliphatic carbocycles. The van der Waals surface area contributed by atoms with Crippen molar-refractivity contribution in [3.05, 3.63) is 60.0 Å². The summed E-state index contributed by atoms with van der Waals surface area (Å²) < 4.78 is 15.7. The van der Waals surface area contributed by atoms with Gasteiger partial charge < -0.3 is 19.3 Å². The average Bonchev–Trinajstić information content (AvgIpc) is 3.31. The quantitative estimate of drug-likeness (QED) is 0.788. The highest BCUT2D eigenvalue weighted by molar-refractivity contribution is 5.90. The zero-order valence-electron chi connectivity index (χ0n) is 13.4. The molecule has 1 aromatic heterocycles. The summed E-state index contributed by atoms with van der Waals surface area (Å²) in [4.78, 5) is 16.5. The first kappa shape index (κ1) is 15.2. The van der Waals surface area contributed by atoms with Gasteiger partial charge >= 0.3 is 11.8 Å². The number of hydrogen-bond acceptors (Lipinski definition) is 6. The summed E-state index contributed by atoms with van der Waals surface area (Å²) in [5.74, 6) is 1.09. The molecule has 1 atom stereocenters. The Bertz CT molecular complexity index is 908. The molecule has 0 saturated heterocycles. The van der Waals surface area contributed by atoms with Gasteiger partial charge in [-0.3, -0.25) is 4.79 Å². The molecule has 0 unspecified atom stereocenters. The van der Waals surface area contributed by atoms with Gasteiger partial charge in [-0.25, -0.2) is 0 Å². The van der Waals surface area contributed by atoms with Gasteiger partial charge in [-0.15, -0.1) is 0 Å². The van der Waals surface area contributed by atoms with Crippen molar-refractivity contribution < 1.29 is 18.8 Å². The van der Waals surface area contributed by atoms with E-state index in [0.717, 1.165) is 5.56 Å². The molecule has 1 amide bonds. The van der Waals surface area contributed by atoms with Crippen LogP contribution in [0, 0.1) is 0 Å². The molecular weight excluding hydrogens is 322 g/mol. The third-order valence-electron chi connectivity index (χ3n) is 3.90. The average molecular weight is 337 g/mol. The van der Waals surface area contributed by atoms with Gasteiger partial charge in [-0.1, -0.05) is 35.5 Å². The lowest BCUT2D eigenvalue weighted by Gasteiger charge is -2.12. The SMILES string of the molecule is C[C@@H](NC(=O)c1nc(-c2ccc3c(c2)OCO3)no1)c1ccccc1. The predicted molar refractivity (Wildman–Crippen MR) is 88.2 cm³/mol. The maximum absolute atomic E-state index is 12.3. The molecule has 4 rings (SSSR count). The molecule has 0 bridgehead atoms. The Morgan fingerprint density at radius 1 is 1.12 bits per heavy atom. The summed E-state index contributed by atoms with van der Waals surface area (Å²) in [7, 11) is 0. The van der Waals surface area contributed by atoms with Gasteiger partial charge in [-0.05, 0) is 30.7 Å². The van der Waals surface area contributed by atoms with E-state index in [1.807, 2.05) is 37.3 Å². The number of carbonyl (C=O) groups excluding carboxylic acids is 1. The fourth-order valence-electron chi connectivity index (χ4n) is 2.55. The lowest BCUT2D eigenvalue weighted by Crippen LogP contribution is -2.26. The van der Waals surface area contributed by atoms with Crippen LogP contribution in [0.1, 0.15) is 29.2 Å². The number of rotatable bonds is 4. The third kappa shape index (κ3) is 3.03. The molecule has 126 valence electrons. The number of carbonyl (C=O) groups is 1. The van der Waals surface area contributed by atoms with Gasteiger partial charge in [0.15, 0.2) is 11.5 Å². The van der Waals surface area contributed by atoms with Crippen LogP contribution in [-0.2, 0) is 0 Å². The molecule has 1 aliphatic heterocycles. The summed E-state index contributed by atoms with van der Waals surface area (Å²) in [5.41, 5.74) is 1.68. The maximum atomic E-state index is 12.3. The molecule has 1 N–H and O–H groups in total. The van der Waals surface area contributed by atoms with Gasteiger partial charge in [0, 0.05) is 5.56 Å². The molecule has 0 radical (unpaired) electrons. The van der Waals surface area contributed by atoms with Crippen LogP contribution in [0.25, 0.3) is 11.4 Å². The molecule has 7 nitrogen and oxygen atoms in total. The van der Waals surface area contributed by atoms with E-state index >= 15 is 0 Å². The molecule has 0 saturated carbocycles. The second-order valence-electron chi connectivity index (χ2n) is 5.60. The van der Waals surface area contributed by atoms with Crippen molar-refractivity contribution >= 4 is 5.91 Å². The second-order valence-corrected chi connectivity index (χ2v) is 5.60. The summed E-state index contributed by atoms with van der Waals surface area (Å²) in [6, 6.07) is 14.8. The van der Waals surface area contributed by atoms with E-state index in [0.29, 0.717) is 22.9 Å². The van der Waals surface area contributed by atoms with Crippen molar-refractivity contribution in [2.45, 2.75) is 13.0 Å². The van der Waals surface area contributed by atoms with Gasteiger partial charge in [-0.2, -0.15) is 4.98 Å². The Morgan fingerprint density at radius 2 is 1.92 bits per heavy atom. The molecule has 1 aliphatic rings. The third-order valence-corrected chi connectivity index (χ3v) is 3.90. The highest BCUT2D eigenvalue weighted by Crippen LogP contribution is 2.35. The Labute approximate surface area is 143 Å². The van der Waals surface area contributed by atoms with Crippen molar-refractivity contribution in [1.29, 1.82) is 0 Å². The minimum absolute atomic E-state index is 0.0875. The predicted octanol–water partition coefficient (Wildman–Crippen LogP) is 2.96. The minimum Gasteiger partial charge on any atom is -0.454 e. The number of nitrogens with zero attached hydrogens (tertiary/aromatic N) is 2. The molecule has 2 heterocycles. The van der Waals surface area contributed by atoms with E-state index in [1.165, 1.54) is 0 Å². The fourth-order valence-corrected chi connectivity index (χ4v) is 2.55. The van der Waals surface area contributed by atoms with Crippen LogP contribution < -0.4 is 14.8 Å². The first-order valence-corrected chi connectivity index (χ1v) is 7.80. The lowest BCUT2D eigenvalue weighted by molar-refractivity contribution is 0.0895. The Kier molecular flexibility index (Phi) is 3.81. The van der Waals surface area contributed by atoms with E-state index in [-0.39, 0.29) is 18.7 Å². The number of nitrogens with one attached hydrogen (secondary N) is 1. The van der Waals surface area contributed by atoms with E-state index in [9.17, 15) is 4.79 Å². The molecule has 3 aromatic rings. The maximum Gasteiger partial charge on any atom is 0.316 e. The topological polar surface area (TPSA) is 86.5 Å². The summed E-state index contributed by atoms with van der Waals surface area (Å²) in [6.07, 6.45) is 0. The molecule has 0 spiro atoms. The normalized spacial score (nSPS) is 13.5. The smallest absolute Gasteiger partial charge is 0.316 e. The van der Waals surface area contributed by atoms with Crippen LogP contribution >= 0.6 is 0 Å². The first-order chi connectivity index (χ1) is 12.2. The van der Waals surface area contributed by atoms with Crippen molar-refractivity contribution in [1.82, 2.24) is 15.5 Å². The van der Waals surface area contributed by atoms with Crippen molar-refractivity contribution in [3.8, 4) is 22.9 Å². The monoisotopic (exact) mass is 337 g/mol. The Balaban J connectivity index is 1.50. The van der Waals surface area contributed by atoms with Gasteiger partial charge in [0.05, 0.1) is 6.04 Å². The van der Waals surface area contributed by atoms with Gasteiger partial charge in [0.25, 0.3) is 0 Å². The van der Waals surface area contributed by atoms with E-state index in [4.69, 9.17) is 14.0 Å². The summed E-state index contributed by atoms with van der Waals surface area (Å²) in [6.45, 7) is 2.08. The number of hydrogen-bond donors (Lipinski definition) is 1. The summed E-state index contributed by atoms with van der Waals surface area (Å²) in [5, 5.41) is 6.71. The molecule has 7 heteroatoms. The molecular formula is C18H15N3O4. The van der Waals surface area contributed by atoms with Crippen molar-refractivity contribution in [3.63, 3.8) is 0 Å². The standard InChI is InChI=1S/C18H15N3O4/c1-11(12-5-3-2-4-6-12)19-17(22)18-20-16(21-25-18)13-7-8-14-15(9-13)24-10-23-14/h2-9,11H,10H2,1H3,(H,19,22)/t11-/m1/s1. The number of aromatic nitrogens is 2. The molecule has 0 fully saturated rings. The first-order valence-electron chi connectivity index (χ1n) is 7.80. The van der Waals surface area contributed by atoms with E-state index in [1.54, 1.807) is 18.2 Å². The number of fused-ring (bicyclic) bond motifs is 1. The van der Waals surface area contributed by atoms with Crippen LogP contribution in [0.2, 0.25) is 0 Å².